The Labute approximate surface area is 146 Å². The molecule has 0 atom stereocenters. The number of nitrogens with zero attached hydrogens (tertiary/aromatic N) is 1. The lowest BCUT2D eigenvalue weighted by molar-refractivity contribution is -0.116. The Morgan fingerprint density at radius 1 is 1.33 bits per heavy atom. The van der Waals surface area contributed by atoms with Crippen LogP contribution in [-0.2, 0) is 11.2 Å². The second kappa shape index (κ2) is 7.55. The van der Waals surface area contributed by atoms with E-state index < -0.39 is 0 Å². The summed E-state index contributed by atoms with van der Waals surface area (Å²) in [5.41, 5.74) is 1.14. The van der Waals surface area contributed by atoms with Gasteiger partial charge in [-0.1, -0.05) is 6.07 Å². The van der Waals surface area contributed by atoms with Crippen molar-refractivity contribution in [1.29, 1.82) is 0 Å². The molecule has 4 nitrogen and oxygen atoms in total. The number of amides is 1. The third kappa shape index (κ3) is 3.98. The van der Waals surface area contributed by atoms with E-state index >= 15 is 0 Å². The van der Waals surface area contributed by atoms with Crippen LogP contribution in [0, 0.1) is 5.82 Å². The summed E-state index contributed by atoms with van der Waals surface area (Å²) in [5.74, 6) is 0.0908. The molecule has 2 heterocycles. The zero-order valence-corrected chi connectivity index (χ0v) is 14.5. The molecule has 1 amide bonds. The van der Waals surface area contributed by atoms with Crippen molar-refractivity contribution >= 4 is 33.7 Å². The lowest BCUT2D eigenvalue weighted by Crippen LogP contribution is -2.11. The molecular weight excluding hydrogens is 347 g/mol. The summed E-state index contributed by atoms with van der Waals surface area (Å²) in [5, 5.41) is 7.04. The molecule has 0 saturated heterocycles. The van der Waals surface area contributed by atoms with Crippen molar-refractivity contribution in [1.82, 2.24) is 4.98 Å². The number of methoxy groups -OCH3 is 1. The summed E-state index contributed by atoms with van der Waals surface area (Å²) >= 11 is 2.94. The third-order valence-corrected chi connectivity index (χ3v) is 5.06. The van der Waals surface area contributed by atoms with E-state index in [1.165, 1.54) is 35.5 Å². The maximum absolute atomic E-state index is 13.5. The number of aryl methyl sites for hydroxylation is 1. The number of aromatic nitrogens is 1. The number of rotatable bonds is 6. The minimum absolute atomic E-state index is 0.0875. The molecule has 3 rings (SSSR count). The number of carbonyl (C=O) groups excluding carboxylic acids is 1. The minimum Gasteiger partial charge on any atom is -0.496 e. The van der Waals surface area contributed by atoms with Gasteiger partial charge in [0.2, 0.25) is 5.91 Å². The molecule has 7 heteroatoms. The SMILES string of the molecule is COc1ccc(F)cc1-c1csc(NC(=O)CCc2cccs2)n1. The molecular formula is C17H15FN2O2S2. The first kappa shape index (κ1) is 16.6. The van der Waals surface area contributed by atoms with E-state index in [1.54, 1.807) is 22.8 Å². The first-order chi connectivity index (χ1) is 11.7. The fourth-order valence-electron chi connectivity index (χ4n) is 2.21. The van der Waals surface area contributed by atoms with E-state index in [4.69, 9.17) is 4.74 Å². The number of hydrogen-bond acceptors (Lipinski definition) is 5. The lowest BCUT2D eigenvalue weighted by Gasteiger charge is -2.06. The number of nitrogens with one attached hydrogen (secondary N) is 1. The van der Waals surface area contributed by atoms with Crippen molar-refractivity contribution < 1.29 is 13.9 Å². The second-order valence-electron chi connectivity index (χ2n) is 5.01. The van der Waals surface area contributed by atoms with Gasteiger partial charge in [0.25, 0.3) is 0 Å². The summed E-state index contributed by atoms with van der Waals surface area (Å²) in [6, 6.07) is 8.24. The van der Waals surface area contributed by atoms with Crippen molar-refractivity contribution in [2.75, 3.05) is 12.4 Å². The largest absolute Gasteiger partial charge is 0.496 e. The van der Waals surface area contributed by atoms with Crippen LogP contribution < -0.4 is 10.1 Å². The molecule has 0 spiro atoms. The predicted octanol–water partition coefficient (Wildman–Crippen LogP) is 4.59. The van der Waals surface area contributed by atoms with Gasteiger partial charge in [-0.2, -0.15) is 0 Å². The second-order valence-corrected chi connectivity index (χ2v) is 6.90. The number of benzene rings is 1. The average molecular weight is 362 g/mol. The molecule has 0 radical (unpaired) electrons. The number of carbonyl (C=O) groups is 1. The molecule has 0 fully saturated rings. The van der Waals surface area contributed by atoms with Gasteiger partial charge in [0.05, 0.1) is 12.8 Å². The van der Waals surface area contributed by atoms with Gasteiger partial charge in [-0.25, -0.2) is 9.37 Å². The maximum Gasteiger partial charge on any atom is 0.226 e. The first-order valence-corrected chi connectivity index (χ1v) is 9.03. The summed E-state index contributed by atoms with van der Waals surface area (Å²) < 4.78 is 18.7. The van der Waals surface area contributed by atoms with E-state index in [9.17, 15) is 9.18 Å². The van der Waals surface area contributed by atoms with Crippen LogP contribution in [0.5, 0.6) is 5.75 Å². The van der Waals surface area contributed by atoms with E-state index in [0.717, 1.165) is 0 Å². The first-order valence-electron chi connectivity index (χ1n) is 7.27. The van der Waals surface area contributed by atoms with Crippen LogP contribution >= 0.6 is 22.7 Å². The quantitative estimate of drug-likeness (QED) is 0.698. The van der Waals surface area contributed by atoms with Crippen LogP contribution in [0.15, 0.2) is 41.1 Å². The van der Waals surface area contributed by atoms with Crippen molar-refractivity contribution in [3.8, 4) is 17.0 Å². The fourth-order valence-corrected chi connectivity index (χ4v) is 3.64. The lowest BCUT2D eigenvalue weighted by atomic mass is 10.1. The molecule has 0 aliphatic heterocycles. The van der Waals surface area contributed by atoms with Crippen LogP contribution in [0.1, 0.15) is 11.3 Å². The van der Waals surface area contributed by atoms with E-state index in [2.05, 4.69) is 10.3 Å². The molecule has 0 bridgehead atoms. The Morgan fingerprint density at radius 3 is 2.96 bits per heavy atom. The van der Waals surface area contributed by atoms with Gasteiger partial charge >= 0.3 is 0 Å². The summed E-state index contributed by atoms with van der Waals surface area (Å²) in [6.07, 6.45) is 1.11. The zero-order chi connectivity index (χ0) is 16.9. The molecule has 0 aliphatic rings. The third-order valence-electron chi connectivity index (χ3n) is 3.37. The fraction of sp³-hybridized carbons (Fsp3) is 0.176. The van der Waals surface area contributed by atoms with Crippen LogP contribution in [0.3, 0.4) is 0 Å². The normalized spacial score (nSPS) is 10.6. The molecule has 0 aliphatic carbocycles. The molecule has 2 aromatic heterocycles. The van der Waals surface area contributed by atoms with Crippen LogP contribution in [0.25, 0.3) is 11.3 Å². The van der Waals surface area contributed by atoms with Crippen molar-refractivity contribution in [3.63, 3.8) is 0 Å². The number of anilines is 1. The highest BCUT2D eigenvalue weighted by molar-refractivity contribution is 7.14. The van der Waals surface area contributed by atoms with Gasteiger partial charge in [-0.05, 0) is 36.1 Å². The number of thiophene rings is 1. The summed E-state index contributed by atoms with van der Waals surface area (Å²) in [4.78, 5) is 17.5. The molecule has 24 heavy (non-hydrogen) atoms. The highest BCUT2D eigenvalue weighted by Crippen LogP contribution is 2.32. The van der Waals surface area contributed by atoms with Gasteiger partial charge < -0.3 is 10.1 Å². The number of halogens is 1. The summed E-state index contributed by atoms with van der Waals surface area (Å²) in [6.45, 7) is 0. The van der Waals surface area contributed by atoms with Gasteiger partial charge in [-0.15, -0.1) is 22.7 Å². The molecule has 124 valence electrons. The topological polar surface area (TPSA) is 51.2 Å². The highest BCUT2D eigenvalue weighted by atomic mass is 32.1. The highest BCUT2D eigenvalue weighted by Gasteiger charge is 2.13. The van der Waals surface area contributed by atoms with Crippen LogP contribution in [0.2, 0.25) is 0 Å². The monoisotopic (exact) mass is 362 g/mol. The average Bonchev–Trinajstić information content (AvgIpc) is 3.24. The molecule has 3 aromatic rings. The Morgan fingerprint density at radius 2 is 2.21 bits per heavy atom. The smallest absolute Gasteiger partial charge is 0.226 e. The predicted molar refractivity (Wildman–Crippen MR) is 95.3 cm³/mol. The molecule has 1 N–H and O–H groups in total. The summed E-state index contributed by atoms with van der Waals surface area (Å²) in [7, 11) is 1.52. The molecule has 0 unspecified atom stereocenters. The van der Waals surface area contributed by atoms with Crippen molar-refractivity contribution in [3.05, 3.63) is 51.8 Å². The van der Waals surface area contributed by atoms with Gasteiger partial charge in [-0.3, -0.25) is 4.79 Å². The van der Waals surface area contributed by atoms with Gasteiger partial charge in [0.1, 0.15) is 11.6 Å². The van der Waals surface area contributed by atoms with E-state index in [0.29, 0.717) is 35.0 Å². The molecule has 0 saturated carbocycles. The maximum atomic E-state index is 13.5. The van der Waals surface area contributed by atoms with E-state index in [-0.39, 0.29) is 11.7 Å². The van der Waals surface area contributed by atoms with Crippen LogP contribution in [0.4, 0.5) is 9.52 Å². The Hall–Kier alpha value is -2.25. The minimum atomic E-state index is -0.361. The molecule has 1 aromatic carbocycles. The van der Waals surface area contributed by atoms with Crippen LogP contribution in [-0.4, -0.2) is 18.0 Å². The Bertz CT molecular complexity index is 831. The van der Waals surface area contributed by atoms with Crippen molar-refractivity contribution in [2.24, 2.45) is 0 Å². The van der Waals surface area contributed by atoms with Gasteiger partial charge in [0.15, 0.2) is 5.13 Å². The number of ether oxygens (including phenoxy) is 1. The Kier molecular flexibility index (Phi) is 5.22. The number of thiazole rings is 1. The zero-order valence-electron chi connectivity index (χ0n) is 12.9. The van der Waals surface area contributed by atoms with Crippen molar-refractivity contribution in [2.45, 2.75) is 12.8 Å². The van der Waals surface area contributed by atoms with Gasteiger partial charge in [0, 0.05) is 22.2 Å². The Balaban J connectivity index is 1.67. The standard InChI is InChI=1S/C17H15FN2O2S2/c1-22-15-6-4-11(18)9-13(15)14-10-24-17(19-14)20-16(21)7-5-12-3-2-8-23-12/h2-4,6,8-10H,5,7H2,1H3,(H,19,20,21). The number of hydrogen-bond donors (Lipinski definition) is 1. The van der Waals surface area contributed by atoms with E-state index in [1.807, 2.05) is 17.5 Å².